The Hall–Kier alpha value is -4.18. The highest BCUT2D eigenvalue weighted by Gasteiger charge is 2.26. The zero-order valence-corrected chi connectivity index (χ0v) is 18.4. The first kappa shape index (κ1) is 22.0. The number of hydrogen-bond donors (Lipinski definition) is 2. The van der Waals surface area contributed by atoms with Gasteiger partial charge in [-0.25, -0.2) is 23.4 Å². The van der Waals surface area contributed by atoms with Crippen molar-refractivity contribution in [3.63, 3.8) is 0 Å². The number of halogens is 1. The van der Waals surface area contributed by atoms with Crippen molar-refractivity contribution in [1.82, 2.24) is 19.5 Å². The molecule has 2 aromatic heterocycles. The summed E-state index contributed by atoms with van der Waals surface area (Å²) < 4.78 is 51.9. The molecule has 0 radical (unpaired) electrons. The van der Waals surface area contributed by atoms with Crippen LogP contribution in [0.15, 0.2) is 40.7 Å². The lowest BCUT2D eigenvalue weighted by Gasteiger charge is -2.14. The van der Waals surface area contributed by atoms with E-state index in [1.807, 2.05) is 4.72 Å². The number of anilines is 1. The standard InChI is InChI=1S/C20H17FN6O5S/c1-4-32-14-10-5-7-11(22-14)19-25-18-20(24-17(16(21)23-18)26-33(3,29)30)27(19)15-12(28)8-6-9-13(15)31-2/h6,8-10,28H,4H2,1-3H3,(H,24,26). The Labute approximate surface area is 187 Å². The van der Waals surface area contributed by atoms with Gasteiger partial charge in [0.2, 0.25) is 21.6 Å². The third-order valence-corrected chi connectivity index (χ3v) is 4.83. The van der Waals surface area contributed by atoms with Gasteiger partial charge in [0.05, 0.1) is 26.0 Å². The zero-order chi connectivity index (χ0) is 23.8. The fourth-order valence-electron chi connectivity index (χ4n) is 3.05. The number of phenolic OH excluding ortho intramolecular Hbond substituents is 1. The van der Waals surface area contributed by atoms with E-state index in [4.69, 9.17) is 9.47 Å². The summed E-state index contributed by atoms with van der Waals surface area (Å²) in [6, 6.07) is 4.55. The molecule has 33 heavy (non-hydrogen) atoms. The number of fused-ring (bicyclic) bond motifs is 1. The monoisotopic (exact) mass is 472 g/mol. The van der Waals surface area contributed by atoms with Gasteiger partial charge in [-0.1, -0.05) is 11.8 Å². The van der Waals surface area contributed by atoms with Crippen LogP contribution in [0.1, 0.15) is 12.7 Å². The fraction of sp³-hybridized carbons (Fsp3) is 0.200. The normalized spacial score (nSPS) is 13.1. The molecule has 1 aliphatic heterocycles. The Morgan fingerprint density at radius 3 is 2.76 bits per heavy atom. The third kappa shape index (κ3) is 4.28. The molecule has 4 rings (SSSR count). The lowest BCUT2D eigenvalue weighted by molar-refractivity contribution is 0.330. The van der Waals surface area contributed by atoms with Crippen LogP contribution in [-0.2, 0) is 14.8 Å². The minimum Gasteiger partial charge on any atom is -0.506 e. The molecule has 0 saturated carbocycles. The highest BCUT2D eigenvalue weighted by molar-refractivity contribution is 7.92. The summed E-state index contributed by atoms with van der Waals surface area (Å²) in [6.07, 6.45) is 2.33. The summed E-state index contributed by atoms with van der Waals surface area (Å²) >= 11 is 0. The number of methoxy groups -OCH3 is 1. The average Bonchev–Trinajstić information content (AvgIpc) is 3.11. The number of rotatable bonds is 6. The number of imidazole rings is 1. The largest absolute Gasteiger partial charge is 0.506 e. The van der Waals surface area contributed by atoms with Crippen molar-refractivity contribution in [2.45, 2.75) is 6.92 Å². The van der Waals surface area contributed by atoms with Crippen LogP contribution in [0.25, 0.3) is 22.7 Å². The van der Waals surface area contributed by atoms with Crippen molar-refractivity contribution >= 4 is 38.7 Å². The molecule has 0 fully saturated rings. The van der Waals surface area contributed by atoms with Gasteiger partial charge in [0.25, 0.3) is 5.95 Å². The van der Waals surface area contributed by atoms with E-state index in [9.17, 15) is 17.9 Å². The molecule has 1 aromatic carbocycles. The van der Waals surface area contributed by atoms with Gasteiger partial charge in [-0.15, -0.1) is 0 Å². The van der Waals surface area contributed by atoms with Crippen LogP contribution in [0.5, 0.6) is 11.5 Å². The molecule has 11 nitrogen and oxygen atoms in total. The topological polar surface area (TPSA) is 141 Å². The van der Waals surface area contributed by atoms with E-state index in [1.54, 1.807) is 19.1 Å². The van der Waals surface area contributed by atoms with Crippen LogP contribution in [0.3, 0.4) is 0 Å². The zero-order valence-electron chi connectivity index (χ0n) is 17.6. The molecule has 13 heteroatoms. The maximum Gasteiger partial charge on any atom is 0.258 e. The molecule has 3 heterocycles. The first-order chi connectivity index (χ1) is 15.7. The Morgan fingerprint density at radius 2 is 2.06 bits per heavy atom. The van der Waals surface area contributed by atoms with Gasteiger partial charge in [-0.3, -0.25) is 9.29 Å². The number of sulfonamides is 1. The molecule has 2 N–H and O–H groups in total. The summed E-state index contributed by atoms with van der Waals surface area (Å²) in [4.78, 5) is 16.5. The molecule has 0 amide bonds. The Balaban J connectivity index is 2.08. The predicted molar refractivity (Wildman–Crippen MR) is 117 cm³/mol. The average molecular weight is 472 g/mol. The van der Waals surface area contributed by atoms with E-state index in [2.05, 4.69) is 31.4 Å². The molecule has 0 atom stereocenters. The Bertz CT molecular complexity index is 1520. The molecule has 170 valence electrons. The smallest absolute Gasteiger partial charge is 0.258 e. The first-order valence-electron chi connectivity index (χ1n) is 9.45. The number of nitrogens with one attached hydrogen (secondary N) is 1. The third-order valence-electron chi connectivity index (χ3n) is 4.27. The maximum absolute atomic E-state index is 14.5. The molecule has 0 saturated heterocycles. The molecule has 1 aliphatic rings. The van der Waals surface area contributed by atoms with Crippen LogP contribution in [-0.4, -0.2) is 58.9 Å². The van der Waals surface area contributed by atoms with Gasteiger partial charge >= 0.3 is 0 Å². The van der Waals surface area contributed by atoms with Crippen LogP contribution in [0.2, 0.25) is 0 Å². The number of ether oxygens (including phenoxy) is 2. The number of para-hydroxylation sites is 1. The second kappa shape index (κ2) is 8.40. The van der Waals surface area contributed by atoms with Crippen LogP contribution in [0, 0.1) is 5.95 Å². The lowest BCUT2D eigenvalue weighted by atomic mass is 10.2. The SMILES string of the molecule is CCOC1=NC(c2nc3nc(F)c(NS(C)(=O)=O)nc3n2-c2c(O)cccc2OC)=C=C=C1. The van der Waals surface area contributed by atoms with E-state index in [1.165, 1.54) is 23.8 Å². The van der Waals surface area contributed by atoms with Crippen molar-refractivity contribution in [3.05, 3.63) is 47.5 Å². The van der Waals surface area contributed by atoms with E-state index < -0.39 is 21.8 Å². The number of phenols is 1. The molecule has 0 bridgehead atoms. The second-order valence-corrected chi connectivity index (χ2v) is 8.38. The molecular formula is C20H17FN6O5S. The molecule has 0 unspecified atom stereocenters. The van der Waals surface area contributed by atoms with Crippen molar-refractivity contribution in [2.75, 3.05) is 24.7 Å². The van der Waals surface area contributed by atoms with Gasteiger partial charge < -0.3 is 14.6 Å². The molecule has 0 aliphatic carbocycles. The van der Waals surface area contributed by atoms with Gasteiger partial charge in [0.15, 0.2) is 23.0 Å². The van der Waals surface area contributed by atoms with Crippen LogP contribution in [0.4, 0.5) is 10.2 Å². The van der Waals surface area contributed by atoms with Gasteiger partial charge in [0, 0.05) is 0 Å². The summed E-state index contributed by atoms with van der Waals surface area (Å²) in [5.41, 5.74) is 5.54. The van der Waals surface area contributed by atoms with Gasteiger partial charge in [0.1, 0.15) is 17.2 Å². The van der Waals surface area contributed by atoms with Crippen LogP contribution < -0.4 is 9.46 Å². The summed E-state index contributed by atoms with van der Waals surface area (Å²) in [5.74, 6) is -1.52. The van der Waals surface area contributed by atoms with Gasteiger partial charge in [-0.2, -0.15) is 9.37 Å². The van der Waals surface area contributed by atoms with E-state index in [0.29, 0.717) is 6.61 Å². The quantitative estimate of drug-likeness (QED) is 0.520. The number of aromatic hydroxyl groups is 1. The number of hydrogen-bond acceptors (Lipinski definition) is 9. The van der Waals surface area contributed by atoms with E-state index >= 15 is 0 Å². The van der Waals surface area contributed by atoms with Crippen LogP contribution >= 0.6 is 0 Å². The summed E-state index contributed by atoms with van der Waals surface area (Å²) in [5, 5.41) is 10.6. The number of benzene rings is 1. The minimum absolute atomic E-state index is 0.0542. The molecular weight excluding hydrogens is 455 g/mol. The maximum atomic E-state index is 14.5. The molecule has 3 aromatic rings. The summed E-state index contributed by atoms with van der Waals surface area (Å²) in [6.45, 7) is 2.13. The van der Waals surface area contributed by atoms with Gasteiger partial charge in [-0.05, 0) is 24.8 Å². The lowest BCUT2D eigenvalue weighted by Crippen LogP contribution is -2.14. The van der Waals surface area contributed by atoms with Crippen molar-refractivity contribution < 1.29 is 27.4 Å². The number of aromatic nitrogens is 4. The second-order valence-electron chi connectivity index (χ2n) is 6.63. The van der Waals surface area contributed by atoms with Crippen molar-refractivity contribution in [1.29, 1.82) is 0 Å². The Kier molecular flexibility index (Phi) is 5.60. The van der Waals surface area contributed by atoms with E-state index in [0.717, 1.165) is 6.26 Å². The summed E-state index contributed by atoms with van der Waals surface area (Å²) in [7, 11) is -2.46. The Morgan fingerprint density at radius 1 is 1.27 bits per heavy atom. The van der Waals surface area contributed by atoms with Crippen molar-refractivity contribution in [3.8, 4) is 17.2 Å². The fourth-order valence-corrected chi connectivity index (χ4v) is 3.53. The van der Waals surface area contributed by atoms with E-state index in [-0.39, 0.29) is 45.9 Å². The highest BCUT2D eigenvalue weighted by atomic mass is 32.2. The number of aliphatic imine (C=N–C) groups is 1. The predicted octanol–water partition coefficient (Wildman–Crippen LogP) is 2.14. The highest BCUT2D eigenvalue weighted by Crippen LogP contribution is 2.36. The number of nitrogens with zero attached hydrogens (tertiary/aromatic N) is 5. The molecule has 0 spiro atoms. The minimum atomic E-state index is -3.86. The first-order valence-corrected chi connectivity index (χ1v) is 11.3. The van der Waals surface area contributed by atoms with Crippen molar-refractivity contribution in [2.24, 2.45) is 4.99 Å².